The summed E-state index contributed by atoms with van der Waals surface area (Å²) in [5, 5.41) is 3.57. The van der Waals surface area contributed by atoms with Gasteiger partial charge in [-0.15, -0.1) is 0 Å². The zero-order valence-electron chi connectivity index (χ0n) is 17.7. The molecule has 5 aliphatic rings. The minimum Gasteiger partial charge on any atom is -0.461 e. The van der Waals surface area contributed by atoms with Crippen LogP contribution in [-0.4, -0.2) is 18.6 Å². The molecular weight excluding hydrogens is 358 g/mol. The molecule has 2 spiro atoms. The van der Waals surface area contributed by atoms with Crippen LogP contribution in [0.25, 0.3) is 0 Å². The van der Waals surface area contributed by atoms with Gasteiger partial charge in [0.15, 0.2) is 0 Å². The van der Waals surface area contributed by atoms with Crippen molar-refractivity contribution in [3.8, 4) is 0 Å². The quantitative estimate of drug-likeness (QED) is 0.736. The zero-order valence-corrected chi connectivity index (χ0v) is 17.7. The van der Waals surface area contributed by atoms with Crippen LogP contribution in [0.2, 0.25) is 0 Å². The molecule has 1 aromatic carbocycles. The number of carbonyl (C=O) groups is 1. The zero-order chi connectivity index (χ0) is 19.6. The molecule has 0 bridgehead atoms. The van der Waals surface area contributed by atoms with Gasteiger partial charge in [0.25, 0.3) is 0 Å². The van der Waals surface area contributed by atoms with E-state index in [1.54, 1.807) is 0 Å². The van der Waals surface area contributed by atoms with Crippen LogP contribution in [0.3, 0.4) is 0 Å². The molecule has 156 valence electrons. The third kappa shape index (κ3) is 2.91. The predicted molar refractivity (Wildman–Crippen MR) is 113 cm³/mol. The lowest BCUT2D eigenvalue weighted by Gasteiger charge is -2.47. The van der Waals surface area contributed by atoms with Gasteiger partial charge in [0.05, 0.1) is 5.92 Å². The molecule has 5 fully saturated rings. The average Bonchev–Trinajstić information content (AvgIpc) is 3.65. The number of nitrogens with one attached hydrogen (secondary N) is 1. The van der Waals surface area contributed by atoms with Crippen molar-refractivity contribution < 1.29 is 9.53 Å². The van der Waals surface area contributed by atoms with E-state index in [0.717, 1.165) is 24.9 Å². The van der Waals surface area contributed by atoms with Crippen molar-refractivity contribution in [2.75, 3.05) is 6.54 Å². The highest BCUT2D eigenvalue weighted by atomic mass is 16.6. The van der Waals surface area contributed by atoms with Gasteiger partial charge in [-0.2, -0.15) is 0 Å². The average molecular weight is 394 g/mol. The van der Waals surface area contributed by atoms with Crippen LogP contribution in [0.4, 0.5) is 0 Å². The van der Waals surface area contributed by atoms with Crippen LogP contribution in [-0.2, 0) is 16.1 Å². The number of hydrogen-bond acceptors (Lipinski definition) is 3. The maximum atomic E-state index is 13.0. The fourth-order valence-electron chi connectivity index (χ4n) is 7.78. The third-order valence-electron chi connectivity index (χ3n) is 9.92. The smallest absolute Gasteiger partial charge is 0.310 e. The number of benzene rings is 1. The monoisotopic (exact) mass is 393 g/mol. The van der Waals surface area contributed by atoms with E-state index in [1.165, 1.54) is 56.9 Å². The summed E-state index contributed by atoms with van der Waals surface area (Å²) in [4.78, 5) is 13.0. The molecule has 1 N–H and O–H groups in total. The number of esters is 1. The second-order valence-corrected chi connectivity index (χ2v) is 11.1. The second kappa shape index (κ2) is 6.57. The van der Waals surface area contributed by atoms with Gasteiger partial charge in [0.1, 0.15) is 6.10 Å². The number of carbonyl (C=O) groups excluding carboxylic acids is 1. The largest absolute Gasteiger partial charge is 0.461 e. The molecule has 0 amide bonds. The van der Waals surface area contributed by atoms with Crippen LogP contribution in [0.1, 0.15) is 63.9 Å². The van der Waals surface area contributed by atoms with Gasteiger partial charge in [-0.05, 0) is 79.6 Å². The Morgan fingerprint density at radius 2 is 1.72 bits per heavy atom. The van der Waals surface area contributed by atoms with E-state index in [1.807, 2.05) is 0 Å². The van der Waals surface area contributed by atoms with Gasteiger partial charge < -0.3 is 10.1 Å². The molecule has 6 unspecified atom stereocenters. The summed E-state index contributed by atoms with van der Waals surface area (Å²) >= 11 is 0. The van der Waals surface area contributed by atoms with Crippen LogP contribution < -0.4 is 5.32 Å². The lowest BCUT2D eigenvalue weighted by molar-refractivity contribution is -0.150. The van der Waals surface area contributed by atoms with Gasteiger partial charge in [0, 0.05) is 24.9 Å². The Morgan fingerprint density at radius 1 is 1.00 bits per heavy atom. The molecule has 4 aliphatic carbocycles. The summed E-state index contributed by atoms with van der Waals surface area (Å²) in [6, 6.07) is 10.5. The lowest BCUT2D eigenvalue weighted by atomic mass is 9.59. The molecule has 3 heteroatoms. The van der Waals surface area contributed by atoms with E-state index in [4.69, 9.17) is 4.74 Å². The van der Waals surface area contributed by atoms with Gasteiger partial charge in [-0.25, -0.2) is 0 Å². The molecule has 0 radical (unpaired) electrons. The standard InChI is InChI=1S/C26H35NO2/c1-17-22-21(8-10-25(17)11-12-25)26(13-14-26)9-7-19-20(24(28)29-23(19)22)16-27-15-18-5-3-2-4-6-18/h2-6,17,19-23,27H,7-16H2,1H3. The minimum atomic E-state index is 0.0440. The Labute approximate surface area is 175 Å². The summed E-state index contributed by atoms with van der Waals surface area (Å²) in [7, 11) is 0. The Balaban J connectivity index is 1.22. The summed E-state index contributed by atoms with van der Waals surface area (Å²) in [5.74, 6) is 2.70. The highest BCUT2D eigenvalue weighted by Crippen LogP contribution is 2.71. The first-order chi connectivity index (χ1) is 14.1. The molecule has 1 aromatic rings. The normalized spacial score (nSPS) is 40.8. The van der Waals surface area contributed by atoms with Crippen molar-refractivity contribution >= 4 is 5.97 Å². The summed E-state index contributed by atoms with van der Waals surface area (Å²) < 4.78 is 6.26. The highest BCUT2D eigenvalue weighted by Gasteiger charge is 2.66. The van der Waals surface area contributed by atoms with Gasteiger partial charge >= 0.3 is 5.97 Å². The van der Waals surface area contributed by atoms with Crippen LogP contribution in [0.15, 0.2) is 30.3 Å². The molecule has 6 atom stereocenters. The van der Waals surface area contributed by atoms with E-state index in [9.17, 15) is 4.79 Å². The fourth-order valence-corrected chi connectivity index (χ4v) is 7.78. The van der Waals surface area contributed by atoms with Crippen molar-refractivity contribution in [1.29, 1.82) is 0 Å². The van der Waals surface area contributed by atoms with E-state index >= 15 is 0 Å². The van der Waals surface area contributed by atoms with Crippen LogP contribution in [0.5, 0.6) is 0 Å². The van der Waals surface area contributed by atoms with Crippen molar-refractivity contribution in [3.05, 3.63) is 35.9 Å². The molecule has 1 saturated heterocycles. The summed E-state index contributed by atoms with van der Waals surface area (Å²) in [5.41, 5.74) is 2.49. The van der Waals surface area contributed by atoms with Crippen LogP contribution in [0, 0.1) is 40.4 Å². The molecular formula is C26H35NO2. The molecule has 4 saturated carbocycles. The first-order valence-electron chi connectivity index (χ1n) is 12.1. The highest BCUT2D eigenvalue weighted by molar-refractivity contribution is 5.75. The van der Waals surface area contributed by atoms with E-state index in [-0.39, 0.29) is 18.0 Å². The van der Waals surface area contributed by atoms with Gasteiger partial charge in [-0.1, -0.05) is 37.3 Å². The Kier molecular flexibility index (Phi) is 4.18. The third-order valence-corrected chi connectivity index (χ3v) is 9.92. The van der Waals surface area contributed by atoms with E-state index in [0.29, 0.717) is 22.7 Å². The van der Waals surface area contributed by atoms with Crippen LogP contribution >= 0.6 is 0 Å². The van der Waals surface area contributed by atoms with Gasteiger partial charge in [-0.3, -0.25) is 4.79 Å². The Bertz CT molecular complexity index is 781. The fraction of sp³-hybridized carbons (Fsp3) is 0.731. The van der Waals surface area contributed by atoms with Gasteiger partial charge in [0.2, 0.25) is 0 Å². The first-order valence-corrected chi connectivity index (χ1v) is 12.1. The van der Waals surface area contributed by atoms with E-state index < -0.39 is 0 Å². The predicted octanol–water partition coefficient (Wildman–Crippen LogP) is 4.95. The summed E-state index contributed by atoms with van der Waals surface area (Å²) in [6.07, 6.45) is 11.2. The molecule has 1 heterocycles. The topological polar surface area (TPSA) is 38.3 Å². The van der Waals surface area contributed by atoms with Crippen molar-refractivity contribution in [2.45, 2.75) is 70.9 Å². The molecule has 29 heavy (non-hydrogen) atoms. The van der Waals surface area contributed by atoms with Crippen molar-refractivity contribution in [1.82, 2.24) is 5.32 Å². The maximum absolute atomic E-state index is 13.0. The molecule has 3 nitrogen and oxygen atoms in total. The SMILES string of the molecule is CC1C2C3OC(=O)C(CNCc4ccccc4)C3CCC3(CC3)C2CCC12CC2. The number of fused-ring (bicyclic) bond motifs is 4. The summed E-state index contributed by atoms with van der Waals surface area (Å²) in [6.45, 7) is 4.10. The maximum Gasteiger partial charge on any atom is 0.310 e. The number of ether oxygens (including phenoxy) is 1. The Morgan fingerprint density at radius 3 is 2.45 bits per heavy atom. The van der Waals surface area contributed by atoms with Crippen molar-refractivity contribution in [2.24, 2.45) is 40.4 Å². The molecule has 0 aromatic heterocycles. The Hall–Kier alpha value is -1.35. The van der Waals surface area contributed by atoms with Crippen molar-refractivity contribution in [3.63, 3.8) is 0 Å². The second-order valence-electron chi connectivity index (χ2n) is 11.1. The number of hydrogen-bond donors (Lipinski definition) is 1. The first kappa shape index (κ1) is 18.4. The molecule has 1 aliphatic heterocycles. The molecule has 6 rings (SSSR count). The number of rotatable bonds is 4. The lowest BCUT2D eigenvalue weighted by Crippen LogP contribution is -2.45. The minimum absolute atomic E-state index is 0.0440. The van der Waals surface area contributed by atoms with E-state index in [2.05, 4.69) is 42.6 Å².